The van der Waals surface area contributed by atoms with E-state index in [0.29, 0.717) is 22.8 Å². The molecule has 0 unspecified atom stereocenters. The zero-order chi connectivity index (χ0) is 17.5. The molecule has 8 heteroatoms. The molecule has 0 atom stereocenters. The Balaban J connectivity index is 2.06. The monoisotopic (exact) mass is 332 g/mol. The Labute approximate surface area is 140 Å². The zero-order valence-corrected chi connectivity index (χ0v) is 14.1. The molecule has 24 heavy (non-hydrogen) atoms. The summed E-state index contributed by atoms with van der Waals surface area (Å²) >= 11 is 0. The maximum Gasteiger partial charge on any atom is 0.261 e. The minimum absolute atomic E-state index is 0.103. The summed E-state index contributed by atoms with van der Waals surface area (Å²) in [6, 6.07) is 5.29. The number of nitrogens with zero attached hydrogens (tertiary/aromatic N) is 3. The first-order valence-corrected chi connectivity index (χ1v) is 7.19. The number of benzene rings is 1. The summed E-state index contributed by atoms with van der Waals surface area (Å²) in [5.74, 6) is 1.24. The van der Waals surface area contributed by atoms with Gasteiger partial charge in [-0.15, -0.1) is 0 Å². The van der Waals surface area contributed by atoms with Crippen LogP contribution in [0.2, 0.25) is 0 Å². The average Bonchev–Trinajstić information content (AvgIpc) is 2.98. The van der Waals surface area contributed by atoms with Crippen LogP contribution in [-0.2, 0) is 11.3 Å². The summed E-state index contributed by atoms with van der Waals surface area (Å²) in [6.07, 6.45) is 3.14. The van der Waals surface area contributed by atoms with Crippen molar-refractivity contribution in [1.29, 1.82) is 0 Å². The van der Waals surface area contributed by atoms with Gasteiger partial charge in [0.15, 0.2) is 11.5 Å². The van der Waals surface area contributed by atoms with E-state index < -0.39 is 0 Å². The van der Waals surface area contributed by atoms with Crippen molar-refractivity contribution in [2.75, 3.05) is 21.3 Å². The van der Waals surface area contributed by atoms with E-state index in [1.165, 1.54) is 27.5 Å². The first-order chi connectivity index (χ1) is 11.6. The van der Waals surface area contributed by atoms with E-state index in [4.69, 9.17) is 14.2 Å². The number of aryl methyl sites for hydroxylation is 1. The number of carbonyl (C=O) groups excluding carboxylic acids is 1. The summed E-state index contributed by atoms with van der Waals surface area (Å²) in [7, 11) is 4.60. The molecule has 0 saturated heterocycles. The first kappa shape index (κ1) is 17.3. The van der Waals surface area contributed by atoms with Crippen LogP contribution in [0.3, 0.4) is 0 Å². The minimum atomic E-state index is -0.273. The van der Waals surface area contributed by atoms with Crippen molar-refractivity contribution in [2.24, 2.45) is 5.10 Å². The van der Waals surface area contributed by atoms with Crippen molar-refractivity contribution in [3.8, 4) is 17.2 Å². The lowest BCUT2D eigenvalue weighted by Crippen LogP contribution is -2.24. The van der Waals surface area contributed by atoms with Gasteiger partial charge < -0.3 is 14.2 Å². The van der Waals surface area contributed by atoms with Gasteiger partial charge in [-0.25, -0.2) is 5.43 Å². The van der Waals surface area contributed by atoms with Crippen molar-refractivity contribution in [3.63, 3.8) is 0 Å². The number of hydrazone groups is 1. The number of amides is 1. The molecule has 0 bridgehead atoms. The van der Waals surface area contributed by atoms with Crippen LogP contribution < -0.4 is 19.6 Å². The molecule has 1 heterocycles. The summed E-state index contributed by atoms with van der Waals surface area (Å²) in [6.45, 7) is 1.98. The highest BCUT2D eigenvalue weighted by Crippen LogP contribution is 2.37. The molecule has 1 amide bonds. The molecule has 1 aromatic carbocycles. The molecule has 0 radical (unpaired) electrons. The minimum Gasteiger partial charge on any atom is -0.493 e. The Morgan fingerprint density at radius 3 is 2.42 bits per heavy atom. The van der Waals surface area contributed by atoms with E-state index >= 15 is 0 Å². The lowest BCUT2D eigenvalue weighted by Gasteiger charge is -2.12. The molecule has 0 aliphatic rings. The summed E-state index contributed by atoms with van der Waals surface area (Å²) in [5, 5.41) is 7.98. The quantitative estimate of drug-likeness (QED) is 0.611. The van der Waals surface area contributed by atoms with Gasteiger partial charge in [0.05, 0.1) is 27.5 Å². The highest BCUT2D eigenvalue weighted by Gasteiger charge is 2.12. The number of carbonyl (C=O) groups is 1. The van der Waals surface area contributed by atoms with Gasteiger partial charge in [-0.3, -0.25) is 9.48 Å². The second-order valence-electron chi connectivity index (χ2n) is 4.88. The van der Waals surface area contributed by atoms with E-state index in [1.54, 1.807) is 23.0 Å². The van der Waals surface area contributed by atoms with Crippen LogP contribution >= 0.6 is 0 Å². The Kier molecular flexibility index (Phi) is 5.78. The number of aromatic nitrogens is 2. The van der Waals surface area contributed by atoms with Gasteiger partial charge in [-0.05, 0) is 25.1 Å². The normalized spacial score (nSPS) is 10.7. The molecule has 2 aromatic rings. The lowest BCUT2D eigenvalue weighted by atomic mass is 10.2. The number of hydrogen-bond donors (Lipinski definition) is 1. The number of hydrogen-bond acceptors (Lipinski definition) is 6. The topological polar surface area (TPSA) is 87.0 Å². The van der Waals surface area contributed by atoms with E-state index in [9.17, 15) is 4.79 Å². The van der Waals surface area contributed by atoms with Crippen molar-refractivity contribution >= 4 is 12.1 Å². The van der Waals surface area contributed by atoms with Gasteiger partial charge in [-0.1, -0.05) is 0 Å². The molecular formula is C16H20N4O4. The summed E-state index contributed by atoms with van der Waals surface area (Å²) < 4.78 is 17.4. The average molecular weight is 332 g/mol. The third kappa shape index (κ3) is 4.03. The molecule has 0 aliphatic carbocycles. The molecule has 1 aromatic heterocycles. The van der Waals surface area contributed by atoms with Gasteiger partial charge in [-0.2, -0.15) is 10.2 Å². The van der Waals surface area contributed by atoms with E-state index in [-0.39, 0.29) is 12.5 Å². The standard InChI is InChI=1S/C16H20N4O4/c1-11-5-6-18-20(11)10-15(21)19-17-9-12-7-13(22-2)16(24-4)14(8-12)23-3/h5-9H,10H2,1-4H3,(H,19,21). The van der Waals surface area contributed by atoms with Crippen LogP contribution in [0.25, 0.3) is 0 Å². The second-order valence-corrected chi connectivity index (χ2v) is 4.88. The third-order valence-electron chi connectivity index (χ3n) is 3.31. The smallest absolute Gasteiger partial charge is 0.261 e. The maximum absolute atomic E-state index is 11.8. The van der Waals surface area contributed by atoms with Gasteiger partial charge in [0.1, 0.15) is 6.54 Å². The van der Waals surface area contributed by atoms with Gasteiger partial charge >= 0.3 is 0 Å². The molecule has 0 fully saturated rings. The van der Waals surface area contributed by atoms with Crippen LogP contribution in [0, 0.1) is 6.92 Å². The van der Waals surface area contributed by atoms with E-state index in [0.717, 1.165) is 5.69 Å². The van der Waals surface area contributed by atoms with E-state index in [2.05, 4.69) is 15.6 Å². The van der Waals surface area contributed by atoms with Crippen molar-refractivity contribution < 1.29 is 19.0 Å². The lowest BCUT2D eigenvalue weighted by molar-refractivity contribution is -0.121. The third-order valence-corrected chi connectivity index (χ3v) is 3.31. The van der Waals surface area contributed by atoms with Gasteiger partial charge in [0.25, 0.3) is 5.91 Å². The zero-order valence-electron chi connectivity index (χ0n) is 14.1. The van der Waals surface area contributed by atoms with Crippen molar-refractivity contribution in [3.05, 3.63) is 35.7 Å². The maximum atomic E-state index is 11.8. The molecule has 2 rings (SSSR count). The Morgan fingerprint density at radius 1 is 1.25 bits per heavy atom. The fraction of sp³-hybridized carbons (Fsp3) is 0.312. The number of methoxy groups -OCH3 is 3. The highest BCUT2D eigenvalue weighted by atomic mass is 16.5. The van der Waals surface area contributed by atoms with Gasteiger partial charge in [0, 0.05) is 17.5 Å². The number of nitrogens with one attached hydrogen (secondary N) is 1. The SMILES string of the molecule is COc1cc(C=NNC(=O)Cn2nccc2C)cc(OC)c1OC. The van der Waals surface area contributed by atoms with Gasteiger partial charge in [0.2, 0.25) is 5.75 Å². The van der Waals surface area contributed by atoms with Crippen LogP contribution in [-0.4, -0.2) is 43.2 Å². The van der Waals surface area contributed by atoms with Crippen LogP contribution in [0.4, 0.5) is 0 Å². The van der Waals surface area contributed by atoms with Crippen molar-refractivity contribution in [2.45, 2.75) is 13.5 Å². The molecule has 0 spiro atoms. The van der Waals surface area contributed by atoms with Crippen molar-refractivity contribution in [1.82, 2.24) is 15.2 Å². The molecule has 128 valence electrons. The molecule has 0 saturated carbocycles. The second kappa shape index (κ2) is 8.00. The molecular weight excluding hydrogens is 312 g/mol. The van der Waals surface area contributed by atoms with Crippen LogP contribution in [0.15, 0.2) is 29.5 Å². The number of ether oxygens (including phenoxy) is 3. The molecule has 0 aliphatic heterocycles. The number of rotatable bonds is 7. The van der Waals surface area contributed by atoms with E-state index in [1.807, 2.05) is 13.0 Å². The largest absolute Gasteiger partial charge is 0.493 e. The van der Waals surface area contributed by atoms with Crippen LogP contribution in [0.1, 0.15) is 11.3 Å². The Hall–Kier alpha value is -3.03. The van der Waals surface area contributed by atoms with Crippen LogP contribution in [0.5, 0.6) is 17.2 Å². The molecule has 8 nitrogen and oxygen atoms in total. The Morgan fingerprint density at radius 2 is 1.92 bits per heavy atom. The summed E-state index contributed by atoms with van der Waals surface area (Å²) in [5.41, 5.74) is 4.05. The fourth-order valence-corrected chi connectivity index (χ4v) is 2.09. The first-order valence-electron chi connectivity index (χ1n) is 7.19. The Bertz CT molecular complexity index is 714. The molecule has 1 N–H and O–H groups in total. The predicted molar refractivity (Wildman–Crippen MR) is 88.8 cm³/mol. The fourth-order valence-electron chi connectivity index (χ4n) is 2.09. The highest BCUT2D eigenvalue weighted by molar-refractivity contribution is 5.84. The predicted octanol–water partition coefficient (Wildman–Crippen LogP) is 1.37. The summed E-state index contributed by atoms with van der Waals surface area (Å²) in [4.78, 5) is 11.8.